The van der Waals surface area contributed by atoms with Crippen LogP contribution in [0.3, 0.4) is 0 Å². The molecule has 0 fully saturated rings. The fourth-order valence-corrected chi connectivity index (χ4v) is 2.17. The molecular formula is C12H17NO. The van der Waals surface area contributed by atoms with Gasteiger partial charge in [-0.05, 0) is 37.5 Å². The third-order valence-corrected chi connectivity index (χ3v) is 2.92. The summed E-state index contributed by atoms with van der Waals surface area (Å²) in [5.41, 5.74) is 2.92. The van der Waals surface area contributed by atoms with Crippen molar-refractivity contribution in [3.05, 3.63) is 29.3 Å². The molecule has 0 saturated carbocycles. The van der Waals surface area contributed by atoms with Crippen LogP contribution in [0.2, 0.25) is 0 Å². The van der Waals surface area contributed by atoms with Crippen LogP contribution in [0.15, 0.2) is 18.2 Å². The highest BCUT2D eigenvalue weighted by molar-refractivity contribution is 5.61. The monoisotopic (exact) mass is 191 g/mol. The van der Waals surface area contributed by atoms with E-state index < -0.39 is 5.60 Å². The number of nitrogens with zero attached hydrogens (tertiary/aromatic N) is 1. The highest BCUT2D eigenvalue weighted by atomic mass is 16.3. The summed E-state index contributed by atoms with van der Waals surface area (Å²) in [5, 5.41) is 10.0. The predicted molar refractivity (Wildman–Crippen MR) is 58.7 cm³/mol. The molecule has 0 aromatic heterocycles. The maximum Gasteiger partial charge on any atom is 0.0843 e. The largest absolute Gasteiger partial charge is 0.386 e. The summed E-state index contributed by atoms with van der Waals surface area (Å²) in [7, 11) is 2.10. The van der Waals surface area contributed by atoms with E-state index in [0.29, 0.717) is 0 Å². The van der Waals surface area contributed by atoms with E-state index in [2.05, 4.69) is 18.0 Å². The van der Waals surface area contributed by atoms with Gasteiger partial charge in [-0.2, -0.15) is 0 Å². The molecule has 1 aromatic rings. The molecule has 2 rings (SSSR count). The molecule has 0 atom stereocenters. The Morgan fingerprint density at radius 3 is 2.71 bits per heavy atom. The summed E-state index contributed by atoms with van der Waals surface area (Å²) in [4.78, 5) is 2.24. The van der Waals surface area contributed by atoms with Gasteiger partial charge >= 0.3 is 0 Å². The summed E-state index contributed by atoms with van der Waals surface area (Å²) >= 11 is 0. The molecule has 1 aromatic carbocycles. The topological polar surface area (TPSA) is 23.5 Å². The molecule has 0 unspecified atom stereocenters. The van der Waals surface area contributed by atoms with E-state index in [1.54, 1.807) is 0 Å². The maximum absolute atomic E-state index is 10.0. The minimum atomic E-state index is -0.726. The molecule has 2 heteroatoms. The molecule has 0 amide bonds. The molecule has 1 N–H and O–H groups in total. The van der Waals surface area contributed by atoms with Crippen LogP contribution in [0.1, 0.15) is 25.0 Å². The number of fused-ring (bicyclic) bond motifs is 1. The number of likely N-dealkylation sites (N-methyl/N-ethyl adjacent to an activating group) is 1. The maximum atomic E-state index is 10.0. The Labute approximate surface area is 85.2 Å². The Morgan fingerprint density at radius 2 is 2.07 bits per heavy atom. The zero-order valence-corrected chi connectivity index (χ0v) is 9.04. The number of rotatable bonds is 1. The van der Waals surface area contributed by atoms with Crippen molar-refractivity contribution in [3.8, 4) is 0 Å². The van der Waals surface area contributed by atoms with E-state index in [9.17, 15) is 5.11 Å². The average Bonchev–Trinajstić information content (AvgIpc) is 2.46. The van der Waals surface area contributed by atoms with E-state index in [1.807, 2.05) is 26.0 Å². The molecule has 1 heterocycles. The first-order valence-electron chi connectivity index (χ1n) is 5.06. The van der Waals surface area contributed by atoms with E-state index >= 15 is 0 Å². The van der Waals surface area contributed by atoms with Crippen molar-refractivity contribution in [2.45, 2.75) is 25.9 Å². The zero-order valence-electron chi connectivity index (χ0n) is 9.04. The normalized spacial score (nSPS) is 15.9. The summed E-state index contributed by atoms with van der Waals surface area (Å²) in [6, 6.07) is 6.17. The van der Waals surface area contributed by atoms with Gasteiger partial charge in [0.2, 0.25) is 0 Å². The fourth-order valence-electron chi connectivity index (χ4n) is 2.17. The van der Waals surface area contributed by atoms with Gasteiger partial charge in [-0.3, -0.25) is 0 Å². The summed E-state index contributed by atoms with van der Waals surface area (Å²) in [5.74, 6) is 0. The van der Waals surface area contributed by atoms with Gasteiger partial charge < -0.3 is 10.0 Å². The van der Waals surface area contributed by atoms with E-state index in [4.69, 9.17) is 0 Å². The molecule has 1 aliphatic heterocycles. The van der Waals surface area contributed by atoms with Crippen LogP contribution in [0.5, 0.6) is 0 Å². The number of hydrogen-bond acceptors (Lipinski definition) is 2. The van der Waals surface area contributed by atoms with E-state index in [0.717, 1.165) is 18.5 Å². The standard InChI is InChI=1S/C12H17NO/c1-12(2,14)10-5-4-6-11-9(10)7-8-13(11)3/h4-6,14H,7-8H2,1-3H3. The Hall–Kier alpha value is -1.02. The molecule has 0 aliphatic carbocycles. The lowest BCUT2D eigenvalue weighted by Gasteiger charge is -2.21. The Morgan fingerprint density at radius 1 is 1.36 bits per heavy atom. The van der Waals surface area contributed by atoms with Crippen LogP contribution in [0.25, 0.3) is 0 Å². The number of aliphatic hydroxyl groups is 1. The van der Waals surface area contributed by atoms with Crippen LogP contribution < -0.4 is 4.90 Å². The van der Waals surface area contributed by atoms with Gasteiger partial charge in [-0.25, -0.2) is 0 Å². The summed E-state index contributed by atoms with van der Waals surface area (Å²) in [6.07, 6.45) is 1.05. The predicted octanol–water partition coefficient (Wildman–Crippen LogP) is 1.91. The van der Waals surface area contributed by atoms with Crippen LogP contribution in [0, 0.1) is 0 Å². The van der Waals surface area contributed by atoms with Gasteiger partial charge in [0, 0.05) is 19.3 Å². The first-order chi connectivity index (χ1) is 6.50. The van der Waals surface area contributed by atoms with E-state index in [1.165, 1.54) is 11.3 Å². The van der Waals surface area contributed by atoms with Gasteiger partial charge in [0.05, 0.1) is 5.60 Å². The van der Waals surface area contributed by atoms with Crippen molar-refractivity contribution in [2.24, 2.45) is 0 Å². The zero-order chi connectivity index (χ0) is 10.3. The van der Waals surface area contributed by atoms with Crippen LogP contribution in [0.4, 0.5) is 5.69 Å². The van der Waals surface area contributed by atoms with Crippen LogP contribution >= 0.6 is 0 Å². The molecule has 0 radical (unpaired) electrons. The Kier molecular flexibility index (Phi) is 2.04. The van der Waals surface area contributed by atoms with Crippen molar-refractivity contribution < 1.29 is 5.11 Å². The molecule has 0 saturated heterocycles. The van der Waals surface area contributed by atoms with Crippen molar-refractivity contribution >= 4 is 5.69 Å². The third-order valence-electron chi connectivity index (χ3n) is 2.92. The second-order valence-electron chi connectivity index (χ2n) is 4.53. The van der Waals surface area contributed by atoms with Crippen molar-refractivity contribution in [3.63, 3.8) is 0 Å². The lowest BCUT2D eigenvalue weighted by atomic mass is 9.92. The van der Waals surface area contributed by atoms with Crippen molar-refractivity contribution in [2.75, 3.05) is 18.5 Å². The summed E-state index contributed by atoms with van der Waals surface area (Å²) in [6.45, 7) is 4.75. The van der Waals surface area contributed by atoms with Gasteiger partial charge in [0.25, 0.3) is 0 Å². The Bertz CT molecular complexity index is 352. The van der Waals surface area contributed by atoms with Crippen LogP contribution in [-0.2, 0) is 12.0 Å². The molecule has 14 heavy (non-hydrogen) atoms. The van der Waals surface area contributed by atoms with Gasteiger partial charge in [-0.1, -0.05) is 12.1 Å². The average molecular weight is 191 g/mol. The highest BCUT2D eigenvalue weighted by Crippen LogP contribution is 2.34. The fraction of sp³-hybridized carbons (Fsp3) is 0.500. The molecule has 0 bridgehead atoms. The minimum Gasteiger partial charge on any atom is -0.386 e. The van der Waals surface area contributed by atoms with Crippen molar-refractivity contribution in [1.29, 1.82) is 0 Å². The lowest BCUT2D eigenvalue weighted by molar-refractivity contribution is 0.0778. The highest BCUT2D eigenvalue weighted by Gasteiger charge is 2.25. The number of anilines is 1. The lowest BCUT2D eigenvalue weighted by Crippen LogP contribution is -2.17. The van der Waals surface area contributed by atoms with Gasteiger partial charge in [-0.15, -0.1) is 0 Å². The number of benzene rings is 1. The van der Waals surface area contributed by atoms with Crippen molar-refractivity contribution in [1.82, 2.24) is 0 Å². The summed E-state index contributed by atoms with van der Waals surface area (Å²) < 4.78 is 0. The number of hydrogen-bond donors (Lipinski definition) is 1. The second kappa shape index (κ2) is 2.99. The Balaban J connectivity index is 2.55. The first-order valence-corrected chi connectivity index (χ1v) is 5.06. The second-order valence-corrected chi connectivity index (χ2v) is 4.53. The molecule has 1 aliphatic rings. The smallest absolute Gasteiger partial charge is 0.0843 e. The van der Waals surface area contributed by atoms with E-state index in [-0.39, 0.29) is 0 Å². The quantitative estimate of drug-likeness (QED) is 0.733. The first kappa shape index (κ1) is 9.53. The van der Waals surface area contributed by atoms with Crippen LogP contribution in [-0.4, -0.2) is 18.7 Å². The molecule has 76 valence electrons. The minimum absolute atomic E-state index is 0.726. The molecule has 2 nitrogen and oxygen atoms in total. The SMILES string of the molecule is CN1CCc2c1cccc2C(C)(C)O. The van der Waals surface area contributed by atoms with Gasteiger partial charge in [0.15, 0.2) is 0 Å². The molecule has 0 spiro atoms. The third kappa shape index (κ3) is 1.40. The van der Waals surface area contributed by atoms with Gasteiger partial charge in [0.1, 0.15) is 0 Å². The molecular weight excluding hydrogens is 174 g/mol.